The van der Waals surface area contributed by atoms with Crippen molar-refractivity contribution in [1.29, 1.82) is 0 Å². The van der Waals surface area contributed by atoms with Gasteiger partial charge in [-0.1, -0.05) is 24.3 Å². The van der Waals surface area contributed by atoms with E-state index in [-0.39, 0.29) is 31.4 Å². The highest BCUT2D eigenvalue weighted by Crippen LogP contribution is 2.37. The lowest BCUT2D eigenvalue weighted by atomic mass is 10.0. The van der Waals surface area contributed by atoms with Gasteiger partial charge in [0.25, 0.3) is 0 Å². The minimum absolute atomic E-state index is 0. The van der Waals surface area contributed by atoms with Crippen molar-refractivity contribution in [2.24, 2.45) is 7.05 Å². The molecule has 0 aliphatic heterocycles. The third kappa shape index (κ3) is 4.34. The van der Waals surface area contributed by atoms with Crippen LogP contribution in [0.5, 0.6) is 11.5 Å². The van der Waals surface area contributed by atoms with Crippen molar-refractivity contribution in [2.75, 3.05) is 6.61 Å². The van der Waals surface area contributed by atoms with E-state index < -0.39 is 5.97 Å². The molecule has 0 saturated heterocycles. The number of aryl methyl sites for hydroxylation is 1. The van der Waals surface area contributed by atoms with Crippen molar-refractivity contribution >= 4 is 29.3 Å². The van der Waals surface area contributed by atoms with Crippen LogP contribution in [-0.4, -0.2) is 27.2 Å². The molecular weight excluding hydrogens is 416 g/mol. The van der Waals surface area contributed by atoms with Gasteiger partial charge in [-0.25, -0.2) is 4.79 Å². The van der Waals surface area contributed by atoms with Crippen LogP contribution in [0.1, 0.15) is 23.0 Å². The molecule has 2 aromatic heterocycles. The smallest absolute Gasteiger partial charge is 0.340 e. The molecule has 2 aromatic carbocycles. The van der Waals surface area contributed by atoms with Gasteiger partial charge >= 0.3 is 5.97 Å². The largest absolute Gasteiger partial charge is 0.507 e. The number of hydrogen-bond acceptors (Lipinski definition) is 5. The van der Waals surface area contributed by atoms with Crippen LogP contribution in [-0.2, 0) is 18.4 Å². The molecule has 31 heavy (non-hydrogen) atoms. The SMILES string of the molecule is CCOC(=O)c1c(COc2ccccc2)n(C)c2cc(-c3cccnc3)c(O)cc12.Cl. The second-order valence-corrected chi connectivity index (χ2v) is 6.83. The first-order chi connectivity index (χ1) is 14.6. The average Bonchev–Trinajstić information content (AvgIpc) is 3.04. The van der Waals surface area contributed by atoms with Crippen LogP contribution in [0.15, 0.2) is 67.0 Å². The molecule has 6 nitrogen and oxygen atoms in total. The van der Waals surface area contributed by atoms with Crippen molar-refractivity contribution in [3.63, 3.8) is 0 Å². The highest BCUT2D eigenvalue weighted by Gasteiger charge is 2.24. The summed E-state index contributed by atoms with van der Waals surface area (Å²) < 4.78 is 13.1. The quantitative estimate of drug-likeness (QED) is 0.423. The number of phenolic OH excluding ortho intramolecular Hbond substituents is 1. The van der Waals surface area contributed by atoms with E-state index in [1.165, 1.54) is 0 Å². The van der Waals surface area contributed by atoms with Crippen molar-refractivity contribution in [2.45, 2.75) is 13.5 Å². The monoisotopic (exact) mass is 438 g/mol. The molecule has 0 aliphatic carbocycles. The number of para-hydroxylation sites is 1. The standard InChI is InChI=1S/C24H22N2O4.ClH/c1-3-29-24(28)23-19-13-22(27)18(16-8-7-11-25-14-16)12-20(19)26(2)21(23)15-30-17-9-5-4-6-10-17;/h4-14,27H,3,15H2,1-2H3;1H. The second-order valence-electron chi connectivity index (χ2n) is 6.83. The number of carbonyl (C=O) groups is 1. The van der Waals surface area contributed by atoms with E-state index in [4.69, 9.17) is 9.47 Å². The predicted octanol–water partition coefficient (Wildman–Crippen LogP) is 5.12. The number of halogens is 1. The fourth-order valence-electron chi connectivity index (χ4n) is 3.54. The number of phenols is 1. The van der Waals surface area contributed by atoms with Crippen molar-refractivity contribution in [1.82, 2.24) is 9.55 Å². The number of ether oxygens (including phenoxy) is 2. The Hall–Kier alpha value is -3.51. The summed E-state index contributed by atoms with van der Waals surface area (Å²) in [4.78, 5) is 16.9. The molecule has 0 spiro atoms. The topological polar surface area (TPSA) is 73.6 Å². The molecule has 1 N–H and O–H groups in total. The lowest BCUT2D eigenvalue weighted by Crippen LogP contribution is -2.11. The number of carbonyl (C=O) groups excluding carboxylic acids is 1. The highest BCUT2D eigenvalue weighted by molar-refractivity contribution is 6.07. The molecule has 2 heterocycles. The number of rotatable bonds is 6. The maximum absolute atomic E-state index is 12.8. The first-order valence-electron chi connectivity index (χ1n) is 9.69. The molecule has 0 unspecified atom stereocenters. The molecule has 0 fully saturated rings. The third-order valence-electron chi connectivity index (χ3n) is 5.01. The Bertz CT molecular complexity index is 1190. The number of nitrogens with zero attached hydrogens (tertiary/aromatic N) is 2. The minimum Gasteiger partial charge on any atom is -0.507 e. The number of hydrogen-bond donors (Lipinski definition) is 1. The minimum atomic E-state index is -0.441. The van der Waals surface area contributed by atoms with E-state index >= 15 is 0 Å². The maximum atomic E-state index is 12.8. The molecule has 7 heteroatoms. The van der Waals surface area contributed by atoms with Gasteiger partial charge in [0, 0.05) is 41.5 Å². The molecule has 0 atom stereocenters. The van der Waals surface area contributed by atoms with E-state index in [2.05, 4.69) is 4.98 Å². The van der Waals surface area contributed by atoms with Gasteiger partial charge in [0.05, 0.1) is 17.9 Å². The van der Waals surface area contributed by atoms with Gasteiger partial charge in [0.1, 0.15) is 18.1 Å². The number of benzene rings is 2. The first-order valence-corrected chi connectivity index (χ1v) is 9.69. The summed E-state index contributed by atoms with van der Waals surface area (Å²) in [6.45, 7) is 2.21. The van der Waals surface area contributed by atoms with E-state index in [1.807, 2.05) is 60.1 Å². The summed E-state index contributed by atoms with van der Waals surface area (Å²) in [5.74, 6) is 0.335. The Labute approximate surface area is 186 Å². The van der Waals surface area contributed by atoms with E-state index in [1.54, 1.807) is 25.4 Å². The van der Waals surface area contributed by atoms with Crippen LogP contribution in [0.3, 0.4) is 0 Å². The summed E-state index contributed by atoms with van der Waals surface area (Å²) >= 11 is 0. The van der Waals surface area contributed by atoms with Gasteiger partial charge in [0.15, 0.2) is 0 Å². The van der Waals surface area contributed by atoms with Crippen LogP contribution < -0.4 is 4.74 Å². The molecule has 4 rings (SSSR count). The van der Waals surface area contributed by atoms with E-state index in [9.17, 15) is 9.90 Å². The maximum Gasteiger partial charge on any atom is 0.340 e. The molecule has 160 valence electrons. The van der Waals surface area contributed by atoms with Crippen molar-refractivity contribution in [3.05, 3.63) is 78.2 Å². The summed E-state index contributed by atoms with van der Waals surface area (Å²) in [7, 11) is 1.87. The van der Waals surface area contributed by atoms with Gasteiger partial charge in [-0.3, -0.25) is 4.98 Å². The zero-order chi connectivity index (χ0) is 21.1. The Morgan fingerprint density at radius 1 is 1.13 bits per heavy atom. The third-order valence-corrected chi connectivity index (χ3v) is 5.01. The molecule has 0 aliphatic rings. The van der Waals surface area contributed by atoms with Crippen LogP contribution in [0.25, 0.3) is 22.0 Å². The van der Waals surface area contributed by atoms with Crippen molar-refractivity contribution < 1.29 is 19.4 Å². The van der Waals surface area contributed by atoms with Crippen LogP contribution in [0.2, 0.25) is 0 Å². The summed E-state index contributed by atoms with van der Waals surface area (Å²) in [5, 5.41) is 11.3. The predicted molar refractivity (Wildman–Crippen MR) is 122 cm³/mol. The lowest BCUT2D eigenvalue weighted by Gasteiger charge is -2.10. The molecular formula is C24H23ClN2O4. The average molecular weight is 439 g/mol. The normalized spacial score (nSPS) is 10.5. The van der Waals surface area contributed by atoms with E-state index in [0.717, 1.165) is 11.1 Å². The molecule has 0 bridgehead atoms. The Balaban J connectivity index is 0.00000272. The van der Waals surface area contributed by atoms with Crippen molar-refractivity contribution in [3.8, 4) is 22.6 Å². The Kier molecular flexibility index (Phi) is 6.82. The fourth-order valence-corrected chi connectivity index (χ4v) is 3.54. The molecule has 0 saturated carbocycles. The van der Waals surface area contributed by atoms with Crippen LogP contribution in [0.4, 0.5) is 0 Å². The zero-order valence-electron chi connectivity index (χ0n) is 17.2. The highest BCUT2D eigenvalue weighted by atomic mass is 35.5. The number of pyridine rings is 1. The van der Waals surface area contributed by atoms with Crippen LogP contribution in [0, 0.1) is 0 Å². The Morgan fingerprint density at radius 3 is 2.58 bits per heavy atom. The van der Waals surface area contributed by atoms with Gasteiger partial charge in [-0.2, -0.15) is 0 Å². The number of esters is 1. The van der Waals surface area contributed by atoms with Gasteiger partial charge in [-0.15, -0.1) is 12.4 Å². The fraction of sp³-hybridized carbons (Fsp3) is 0.167. The second kappa shape index (κ2) is 9.53. The van der Waals surface area contributed by atoms with E-state index in [0.29, 0.717) is 28.0 Å². The number of fused-ring (bicyclic) bond motifs is 1. The lowest BCUT2D eigenvalue weighted by molar-refractivity contribution is 0.0525. The summed E-state index contributed by atoms with van der Waals surface area (Å²) in [5.41, 5.74) is 3.30. The molecule has 4 aromatic rings. The van der Waals surface area contributed by atoms with Crippen LogP contribution >= 0.6 is 12.4 Å². The summed E-state index contributed by atoms with van der Waals surface area (Å²) in [6.07, 6.45) is 3.37. The first kappa shape index (κ1) is 22.2. The number of aromatic nitrogens is 2. The van der Waals surface area contributed by atoms with Gasteiger partial charge < -0.3 is 19.1 Å². The summed E-state index contributed by atoms with van der Waals surface area (Å²) in [6, 6.07) is 16.6. The number of aromatic hydroxyl groups is 1. The zero-order valence-corrected chi connectivity index (χ0v) is 18.1. The van der Waals surface area contributed by atoms with Gasteiger partial charge in [-0.05, 0) is 37.3 Å². The Morgan fingerprint density at radius 2 is 1.90 bits per heavy atom. The molecule has 0 amide bonds. The molecule has 0 radical (unpaired) electrons. The van der Waals surface area contributed by atoms with Gasteiger partial charge in [0.2, 0.25) is 0 Å².